The molecule has 3 rings (SSSR count). The van der Waals surface area contributed by atoms with Crippen molar-refractivity contribution in [3.63, 3.8) is 0 Å². The minimum Gasteiger partial charge on any atom is -0.378 e. The van der Waals surface area contributed by atoms with Crippen molar-refractivity contribution >= 4 is 17.0 Å². The zero-order valence-electron chi connectivity index (χ0n) is 11.0. The zero-order valence-corrected chi connectivity index (χ0v) is 11.0. The molecule has 0 aliphatic carbocycles. The van der Waals surface area contributed by atoms with E-state index < -0.39 is 17.2 Å². The lowest BCUT2D eigenvalue weighted by molar-refractivity contribution is -0.0283. The highest BCUT2D eigenvalue weighted by Gasteiger charge is 2.36. The van der Waals surface area contributed by atoms with Crippen molar-refractivity contribution in [3.05, 3.63) is 23.8 Å². The Morgan fingerprint density at radius 3 is 2.95 bits per heavy atom. The zero-order chi connectivity index (χ0) is 14.3. The third kappa shape index (κ3) is 2.03. The summed E-state index contributed by atoms with van der Waals surface area (Å²) in [5.74, 6) is -1.25. The van der Waals surface area contributed by atoms with E-state index in [0.29, 0.717) is 31.7 Å². The maximum atomic E-state index is 13.7. The van der Waals surface area contributed by atoms with Crippen LogP contribution in [0.15, 0.2) is 12.1 Å². The number of imidazole rings is 1. The third-order valence-corrected chi connectivity index (χ3v) is 3.75. The number of halogens is 2. The summed E-state index contributed by atoms with van der Waals surface area (Å²) in [5.41, 5.74) is 5.68. The van der Waals surface area contributed by atoms with Crippen LogP contribution in [-0.2, 0) is 16.0 Å². The Hall–Kier alpha value is -1.73. The lowest BCUT2D eigenvalue weighted by atomic mass is 10.0. The number of benzene rings is 1. The molecule has 1 aliphatic rings. The molecule has 0 saturated carbocycles. The molecule has 0 amide bonds. The highest BCUT2D eigenvalue weighted by atomic mass is 19.1. The molecule has 2 N–H and O–H groups in total. The van der Waals surface area contributed by atoms with Gasteiger partial charge in [-0.3, -0.25) is 0 Å². The molecule has 1 saturated heterocycles. The van der Waals surface area contributed by atoms with Gasteiger partial charge in [-0.1, -0.05) is 0 Å². The van der Waals surface area contributed by atoms with Gasteiger partial charge in [-0.25, -0.2) is 13.8 Å². The number of aromatic nitrogens is 2. The summed E-state index contributed by atoms with van der Waals surface area (Å²) >= 11 is 0. The number of methoxy groups -OCH3 is 1. The number of ether oxygens (including phenoxy) is 2. The summed E-state index contributed by atoms with van der Waals surface area (Å²) in [4.78, 5) is 3.96. The summed E-state index contributed by atoms with van der Waals surface area (Å²) < 4.78 is 39.5. The number of nitrogens with zero attached hydrogens (tertiary/aromatic N) is 2. The van der Waals surface area contributed by atoms with Crippen molar-refractivity contribution < 1.29 is 18.3 Å². The summed E-state index contributed by atoms with van der Waals surface area (Å²) in [6.07, 6.45) is 0.695. The predicted molar refractivity (Wildman–Crippen MR) is 69.2 cm³/mol. The van der Waals surface area contributed by atoms with Gasteiger partial charge in [-0.15, -0.1) is 0 Å². The average molecular weight is 283 g/mol. The molecule has 2 heterocycles. The Kier molecular flexibility index (Phi) is 3.10. The van der Waals surface area contributed by atoms with Gasteiger partial charge in [-0.2, -0.15) is 0 Å². The molecular formula is C13H15F2N3O2. The Morgan fingerprint density at radius 1 is 1.50 bits per heavy atom. The van der Waals surface area contributed by atoms with Crippen LogP contribution in [0, 0.1) is 11.6 Å². The second-order valence-corrected chi connectivity index (χ2v) is 5.00. The Bertz CT molecular complexity index is 651. The van der Waals surface area contributed by atoms with Gasteiger partial charge in [0.1, 0.15) is 16.9 Å². The van der Waals surface area contributed by atoms with Gasteiger partial charge in [0.25, 0.3) is 0 Å². The smallest absolute Gasteiger partial charge is 0.201 e. The molecule has 5 nitrogen and oxygen atoms in total. The fourth-order valence-electron chi connectivity index (χ4n) is 2.56. The van der Waals surface area contributed by atoms with Gasteiger partial charge in [0.05, 0.1) is 18.7 Å². The first-order valence-electron chi connectivity index (χ1n) is 6.28. The first kappa shape index (κ1) is 13.3. The van der Waals surface area contributed by atoms with Gasteiger partial charge in [0, 0.05) is 32.3 Å². The van der Waals surface area contributed by atoms with Gasteiger partial charge < -0.3 is 19.8 Å². The molecule has 2 aromatic rings. The molecule has 0 spiro atoms. The van der Waals surface area contributed by atoms with Crippen LogP contribution in [0.1, 0.15) is 6.42 Å². The fourth-order valence-corrected chi connectivity index (χ4v) is 2.56. The van der Waals surface area contributed by atoms with Crippen LogP contribution < -0.4 is 5.73 Å². The first-order valence-corrected chi connectivity index (χ1v) is 6.28. The molecule has 0 radical (unpaired) electrons. The minimum atomic E-state index is -0.723. The lowest BCUT2D eigenvalue weighted by Crippen LogP contribution is -2.37. The number of fused-ring (bicyclic) bond motifs is 1. The third-order valence-electron chi connectivity index (χ3n) is 3.75. The van der Waals surface area contributed by atoms with Gasteiger partial charge >= 0.3 is 0 Å². The largest absolute Gasteiger partial charge is 0.378 e. The van der Waals surface area contributed by atoms with E-state index in [-0.39, 0.29) is 11.5 Å². The maximum Gasteiger partial charge on any atom is 0.201 e. The van der Waals surface area contributed by atoms with Crippen molar-refractivity contribution in [3.8, 4) is 0 Å². The monoisotopic (exact) mass is 283 g/mol. The van der Waals surface area contributed by atoms with E-state index in [2.05, 4.69) is 4.98 Å². The van der Waals surface area contributed by atoms with Crippen LogP contribution in [-0.4, -0.2) is 35.5 Å². The fraction of sp³-hybridized carbons (Fsp3) is 0.462. The Labute approximate surface area is 114 Å². The molecule has 1 aliphatic heterocycles. The molecule has 1 atom stereocenters. The van der Waals surface area contributed by atoms with Crippen LogP contribution in [0.25, 0.3) is 11.0 Å². The number of anilines is 1. The standard InChI is InChI=1S/C13H15F2N3O2/c1-19-13(2-3-20-7-13)6-18-10-5-8(14)4-9(15)11(10)17-12(18)16/h4-5H,2-3,6-7H2,1H3,(H2,16,17). The predicted octanol–water partition coefficient (Wildman–Crippen LogP) is 1.70. The van der Waals surface area contributed by atoms with Crippen molar-refractivity contribution in [2.45, 2.75) is 18.6 Å². The molecule has 1 fully saturated rings. The normalized spacial score (nSPS) is 22.8. The second-order valence-electron chi connectivity index (χ2n) is 5.00. The highest BCUT2D eigenvalue weighted by Crippen LogP contribution is 2.29. The molecule has 1 unspecified atom stereocenters. The summed E-state index contributed by atoms with van der Waals surface area (Å²) in [7, 11) is 1.59. The van der Waals surface area contributed by atoms with Crippen molar-refractivity contribution in [2.75, 3.05) is 26.1 Å². The molecule has 1 aromatic carbocycles. The van der Waals surface area contributed by atoms with E-state index in [4.69, 9.17) is 15.2 Å². The topological polar surface area (TPSA) is 62.3 Å². The lowest BCUT2D eigenvalue weighted by Gasteiger charge is -2.26. The van der Waals surface area contributed by atoms with Crippen molar-refractivity contribution in [2.24, 2.45) is 0 Å². The summed E-state index contributed by atoms with van der Waals surface area (Å²) in [6, 6.07) is 2.02. The van der Waals surface area contributed by atoms with Gasteiger partial charge in [-0.05, 0) is 0 Å². The number of hydrogen-bond donors (Lipinski definition) is 1. The number of nitrogen functional groups attached to an aromatic ring is 1. The minimum absolute atomic E-state index is 0.0640. The van der Waals surface area contributed by atoms with Crippen LogP contribution in [0.2, 0.25) is 0 Å². The molecule has 7 heteroatoms. The quantitative estimate of drug-likeness (QED) is 0.931. The molecule has 1 aromatic heterocycles. The van der Waals surface area contributed by atoms with Crippen LogP contribution in [0.5, 0.6) is 0 Å². The van der Waals surface area contributed by atoms with E-state index >= 15 is 0 Å². The van der Waals surface area contributed by atoms with Gasteiger partial charge in [0.15, 0.2) is 5.82 Å². The molecule has 20 heavy (non-hydrogen) atoms. The Balaban J connectivity index is 2.09. The van der Waals surface area contributed by atoms with E-state index in [9.17, 15) is 8.78 Å². The molecule has 0 bridgehead atoms. The van der Waals surface area contributed by atoms with E-state index in [1.54, 1.807) is 11.7 Å². The number of hydrogen-bond acceptors (Lipinski definition) is 4. The Morgan fingerprint density at radius 2 is 2.30 bits per heavy atom. The maximum absolute atomic E-state index is 13.7. The molecule has 108 valence electrons. The van der Waals surface area contributed by atoms with E-state index in [0.717, 1.165) is 6.07 Å². The van der Waals surface area contributed by atoms with Gasteiger partial charge in [0.2, 0.25) is 5.95 Å². The number of rotatable bonds is 3. The summed E-state index contributed by atoms with van der Waals surface area (Å²) in [5, 5.41) is 0. The van der Waals surface area contributed by atoms with Crippen LogP contribution in [0.4, 0.5) is 14.7 Å². The SMILES string of the molecule is COC1(Cn2c(N)nc3c(F)cc(F)cc32)CCOC1. The second kappa shape index (κ2) is 4.68. The van der Waals surface area contributed by atoms with E-state index in [1.165, 1.54) is 6.07 Å². The van der Waals surface area contributed by atoms with Crippen molar-refractivity contribution in [1.82, 2.24) is 9.55 Å². The van der Waals surface area contributed by atoms with Crippen LogP contribution >= 0.6 is 0 Å². The van der Waals surface area contributed by atoms with Crippen LogP contribution in [0.3, 0.4) is 0 Å². The number of nitrogens with two attached hydrogens (primary N) is 1. The summed E-state index contributed by atoms with van der Waals surface area (Å²) in [6.45, 7) is 1.35. The highest BCUT2D eigenvalue weighted by molar-refractivity contribution is 5.79. The average Bonchev–Trinajstić information content (AvgIpc) is 2.98. The first-order chi connectivity index (χ1) is 9.54. The molecular weight excluding hydrogens is 268 g/mol. The van der Waals surface area contributed by atoms with E-state index in [1.807, 2.05) is 0 Å². The van der Waals surface area contributed by atoms with Crippen molar-refractivity contribution in [1.29, 1.82) is 0 Å².